The van der Waals surface area contributed by atoms with Gasteiger partial charge in [0.1, 0.15) is 5.82 Å². The van der Waals surface area contributed by atoms with Crippen molar-refractivity contribution in [2.24, 2.45) is 0 Å². The Morgan fingerprint density at radius 1 is 1.42 bits per heavy atom. The van der Waals surface area contributed by atoms with Crippen molar-refractivity contribution in [3.05, 3.63) is 50.7 Å². The molecule has 1 aromatic carbocycles. The van der Waals surface area contributed by atoms with E-state index in [1.54, 1.807) is 29.5 Å². The number of aryl methyl sites for hydroxylation is 1. The molecule has 0 amide bonds. The molecule has 0 aliphatic carbocycles. The fourth-order valence-corrected chi connectivity index (χ4v) is 3.00. The van der Waals surface area contributed by atoms with Gasteiger partial charge in [0, 0.05) is 23.5 Å². The minimum absolute atomic E-state index is 0.151. The maximum atomic E-state index is 13.9. The number of thiazole rings is 1. The van der Waals surface area contributed by atoms with Gasteiger partial charge in [-0.1, -0.05) is 23.7 Å². The normalized spacial score (nSPS) is 12.6. The highest BCUT2D eigenvalue weighted by Crippen LogP contribution is 2.20. The standard InChI is InChI=1S/C14H16ClFN2S/c1-9-8-19-13(18-9)7-11(17-2)6-10-4-3-5-12(15)14(10)16/h3-5,8,11,17H,6-7H2,1-2H3. The van der Waals surface area contributed by atoms with Crippen molar-refractivity contribution < 1.29 is 4.39 Å². The number of likely N-dealkylation sites (N-methyl/N-ethyl adjacent to an activating group) is 1. The van der Waals surface area contributed by atoms with Crippen LogP contribution in [0.2, 0.25) is 5.02 Å². The minimum Gasteiger partial charge on any atom is -0.316 e. The van der Waals surface area contributed by atoms with Crippen LogP contribution in [0.4, 0.5) is 4.39 Å². The third kappa shape index (κ3) is 3.75. The minimum atomic E-state index is -0.320. The van der Waals surface area contributed by atoms with E-state index < -0.39 is 0 Å². The molecule has 1 unspecified atom stereocenters. The Labute approximate surface area is 121 Å². The molecule has 1 heterocycles. The maximum Gasteiger partial charge on any atom is 0.145 e. The summed E-state index contributed by atoms with van der Waals surface area (Å²) in [4.78, 5) is 4.44. The molecule has 0 radical (unpaired) electrons. The van der Waals surface area contributed by atoms with Gasteiger partial charge in [-0.15, -0.1) is 11.3 Å². The summed E-state index contributed by atoms with van der Waals surface area (Å²) >= 11 is 7.44. The van der Waals surface area contributed by atoms with Crippen molar-refractivity contribution in [2.45, 2.75) is 25.8 Å². The lowest BCUT2D eigenvalue weighted by molar-refractivity contribution is 0.531. The van der Waals surface area contributed by atoms with Gasteiger partial charge in [0.15, 0.2) is 0 Å². The molecule has 1 N–H and O–H groups in total. The smallest absolute Gasteiger partial charge is 0.145 e. The monoisotopic (exact) mass is 298 g/mol. The Hall–Kier alpha value is -0.970. The Morgan fingerprint density at radius 2 is 2.21 bits per heavy atom. The molecule has 19 heavy (non-hydrogen) atoms. The largest absolute Gasteiger partial charge is 0.316 e. The number of nitrogens with one attached hydrogen (secondary N) is 1. The van der Waals surface area contributed by atoms with Crippen molar-refractivity contribution in [1.82, 2.24) is 10.3 Å². The van der Waals surface area contributed by atoms with Gasteiger partial charge in [-0.05, 0) is 32.0 Å². The summed E-state index contributed by atoms with van der Waals surface area (Å²) < 4.78 is 13.9. The van der Waals surface area contributed by atoms with Gasteiger partial charge >= 0.3 is 0 Å². The first kappa shape index (κ1) is 14.4. The number of halogens is 2. The number of hydrogen-bond donors (Lipinski definition) is 1. The van der Waals surface area contributed by atoms with Crippen LogP contribution in [0.3, 0.4) is 0 Å². The first-order valence-corrected chi connectivity index (χ1v) is 7.37. The summed E-state index contributed by atoms with van der Waals surface area (Å²) in [5.41, 5.74) is 1.67. The Balaban J connectivity index is 2.08. The molecule has 0 aliphatic rings. The maximum absolute atomic E-state index is 13.9. The zero-order chi connectivity index (χ0) is 13.8. The van der Waals surface area contributed by atoms with Crippen LogP contribution in [0, 0.1) is 12.7 Å². The second kappa shape index (κ2) is 6.46. The molecule has 102 valence electrons. The lowest BCUT2D eigenvalue weighted by atomic mass is 10.0. The summed E-state index contributed by atoms with van der Waals surface area (Å²) in [6.45, 7) is 1.98. The van der Waals surface area contributed by atoms with E-state index in [2.05, 4.69) is 10.3 Å². The van der Waals surface area contributed by atoms with Crippen LogP contribution in [-0.2, 0) is 12.8 Å². The molecular formula is C14H16ClFN2S. The fraction of sp³-hybridized carbons (Fsp3) is 0.357. The predicted molar refractivity (Wildman–Crippen MR) is 78.5 cm³/mol. The highest BCUT2D eigenvalue weighted by atomic mass is 35.5. The van der Waals surface area contributed by atoms with Gasteiger partial charge in [0.05, 0.1) is 10.0 Å². The molecule has 0 spiro atoms. The summed E-state index contributed by atoms with van der Waals surface area (Å²) in [6.07, 6.45) is 1.39. The van der Waals surface area contributed by atoms with E-state index in [0.717, 1.165) is 17.1 Å². The van der Waals surface area contributed by atoms with E-state index in [4.69, 9.17) is 11.6 Å². The van der Waals surface area contributed by atoms with Gasteiger partial charge in [0.2, 0.25) is 0 Å². The second-order valence-corrected chi connectivity index (χ2v) is 5.84. The van der Waals surface area contributed by atoms with Crippen LogP contribution in [0.15, 0.2) is 23.6 Å². The van der Waals surface area contributed by atoms with E-state index in [0.29, 0.717) is 12.0 Å². The van der Waals surface area contributed by atoms with Gasteiger partial charge in [-0.2, -0.15) is 0 Å². The summed E-state index contributed by atoms with van der Waals surface area (Å²) in [5.74, 6) is -0.320. The van der Waals surface area contributed by atoms with Crippen LogP contribution in [0.25, 0.3) is 0 Å². The van der Waals surface area contributed by atoms with E-state index >= 15 is 0 Å². The highest BCUT2D eigenvalue weighted by molar-refractivity contribution is 7.09. The summed E-state index contributed by atoms with van der Waals surface area (Å²) in [7, 11) is 1.88. The van der Waals surface area contributed by atoms with Crippen molar-refractivity contribution in [2.75, 3.05) is 7.05 Å². The highest BCUT2D eigenvalue weighted by Gasteiger charge is 2.14. The molecule has 2 rings (SSSR count). The number of hydrogen-bond acceptors (Lipinski definition) is 3. The first-order chi connectivity index (χ1) is 9.10. The molecule has 0 fully saturated rings. The van der Waals surface area contributed by atoms with Gasteiger partial charge in [0.25, 0.3) is 0 Å². The molecule has 1 atom stereocenters. The zero-order valence-electron chi connectivity index (χ0n) is 10.9. The quantitative estimate of drug-likeness (QED) is 0.912. The Bertz CT molecular complexity index is 556. The van der Waals surface area contributed by atoms with Crippen molar-refractivity contribution in [3.8, 4) is 0 Å². The van der Waals surface area contributed by atoms with Crippen LogP contribution >= 0.6 is 22.9 Å². The average molecular weight is 299 g/mol. The van der Waals surface area contributed by atoms with Gasteiger partial charge < -0.3 is 5.32 Å². The average Bonchev–Trinajstić information content (AvgIpc) is 2.79. The second-order valence-electron chi connectivity index (χ2n) is 4.49. The van der Waals surface area contributed by atoms with Crippen LogP contribution in [0.1, 0.15) is 16.3 Å². The number of benzene rings is 1. The van der Waals surface area contributed by atoms with E-state index in [1.165, 1.54) is 0 Å². The topological polar surface area (TPSA) is 24.9 Å². The van der Waals surface area contributed by atoms with Crippen LogP contribution in [0.5, 0.6) is 0 Å². The van der Waals surface area contributed by atoms with Gasteiger partial charge in [-0.3, -0.25) is 0 Å². The lowest BCUT2D eigenvalue weighted by Gasteiger charge is -2.15. The lowest BCUT2D eigenvalue weighted by Crippen LogP contribution is -2.30. The van der Waals surface area contributed by atoms with E-state index in [9.17, 15) is 4.39 Å². The molecule has 0 saturated carbocycles. The number of rotatable bonds is 5. The Morgan fingerprint density at radius 3 is 2.84 bits per heavy atom. The molecule has 2 nitrogen and oxygen atoms in total. The number of aromatic nitrogens is 1. The van der Waals surface area contributed by atoms with Crippen molar-refractivity contribution in [1.29, 1.82) is 0 Å². The molecule has 0 bridgehead atoms. The fourth-order valence-electron chi connectivity index (χ4n) is 1.96. The summed E-state index contributed by atoms with van der Waals surface area (Å²) in [5, 5.41) is 6.49. The molecule has 0 saturated heterocycles. The third-order valence-electron chi connectivity index (χ3n) is 2.99. The van der Waals surface area contributed by atoms with Crippen molar-refractivity contribution in [3.63, 3.8) is 0 Å². The predicted octanol–water partition coefficient (Wildman–Crippen LogP) is 3.62. The molecule has 1 aromatic heterocycles. The van der Waals surface area contributed by atoms with E-state index in [1.807, 2.05) is 19.4 Å². The summed E-state index contributed by atoms with van der Waals surface area (Å²) in [6, 6.07) is 5.28. The molecule has 5 heteroatoms. The van der Waals surface area contributed by atoms with Crippen molar-refractivity contribution >= 4 is 22.9 Å². The molecular weight excluding hydrogens is 283 g/mol. The zero-order valence-corrected chi connectivity index (χ0v) is 12.5. The van der Waals surface area contributed by atoms with Crippen LogP contribution in [-0.4, -0.2) is 18.1 Å². The first-order valence-electron chi connectivity index (χ1n) is 6.11. The Kier molecular flexibility index (Phi) is 4.91. The third-order valence-corrected chi connectivity index (χ3v) is 4.27. The van der Waals surface area contributed by atoms with E-state index in [-0.39, 0.29) is 16.9 Å². The number of nitrogens with zero attached hydrogens (tertiary/aromatic N) is 1. The molecule has 0 aliphatic heterocycles. The van der Waals surface area contributed by atoms with Crippen LogP contribution < -0.4 is 5.32 Å². The SMILES string of the molecule is CNC(Cc1nc(C)cs1)Cc1cccc(Cl)c1F. The van der Waals surface area contributed by atoms with Gasteiger partial charge in [-0.25, -0.2) is 9.37 Å². The molecule has 2 aromatic rings.